The Bertz CT molecular complexity index is 993. The summed E-state index contributed by atoms with van der Waals surface area (Å²) in [5.41, 5.74) is 2.92. The average molecular weight is 457 g/mol. The molecule has 0 unspecified atom stereocenters. The molecule has 6 nitrogen and oxygen atoms in total. The summed E-state index contributed by atoms with van der Waals surface area (Å²) in [7, 11) is 0. The fourth-order valence-corrected chi connectivity index (χ4v) is 2.85. The van der Waals surface area contributed by atoms with Crippen molar-refractivity contribution in [2.75, 3.05) is 18.5 Å². The van der Waals surface area contributed by atoms with Gasteiger partial charge in [-0.05, 0) is 62.2 Å². The van der Waals surface area contributed by atoms with Gasteiger partial charge in [-0.1, -0.05) is 28.1 Å². The highest BCUT2D eigenvalue weighted by Gasteiger charge is 2.14. The van der Waals surface area contributed by atoms with Gasteiger partial charge in [0.25, 0.3) is 5.91 Å². The molecule has 0 aliphatic heterocycles. The third-order valence-corrected chi connectivity index (χ3v) is 4.42. The van der Waals surface area contributed by atoms with Crippen LogP contribution in [0.15, 0.2) is 46.4 Å². The zero-order chi connectivity index (χ0) is 21.4. The first kappa shape index (κ1) is 22.2. The second-order valence-corrected chi connectivity index (χ2v) is 7.13. The number of halogens is 1. The van der Waals surface area contributed by atoms with Crippen molar-refractivity contribution in [1.29, 1.82) is 5.26 Å². The van der Waals surface area contributed by atoms with E-state index < -0.39 is 11.9 Å². The molecule has 0 saturated heterocycles. The van der Waals surface area contributed by atoms with E-state index >= 15 is 0 Å². The molecule has 0 bridgehead atoms. The molecule has 0 aliphatic rings. The third kappa shape index (κ3) is 6.47. The van der Waals surface area contributed by atoms with Crippen LogP contribution in [-0.2, 0) is 14.3 Å². The van der Waals surface area contributed by atoms with E-state index in [1.165, 1.54) is 6.08 Å². The summed E-state index contributed by atoms with van der Waals surface area (Å²) in [5, 5.41) is 12.3. The largest absolute Gasteiger partial charge is 0.481 e. The van der Waals surface area contributed by atoms with E-state index in [4.69, 9.17) is 9.47 Å². The fraction of sp³-hybridized carbons (Fsp3) is 0.227. The SMILES string of the molecule is CCOC(=O)COc1ccc(Br)cc1/C=C(\C#N)C(=O)Nc1cc(C)ccc1C. The van der Waals surface area contributed by atoms with E-state index in [1.807, 2.05) is 38.1 Å². The molecule has 29 heavy (non-hydrogen) atoms. The molecule has 2 aromatic carbocycles. The zero-order valence-electron chi connectivity index (χ0n) is 16.4. The van der Waals surface area contributed by atoms with Crippen LogP contribution in [0.25, 0.3) is 6.08 Å². The standard InChI is InChI=1S/C22H21BrN2O4/c1-4-28-21(26)13-29-20-8-7-18(23)11-16(20)10-17(12-24)22(27)25-19-9-14(2)5-6-15(19)3/h5-11H,4,13H2,1-3H3,(H,25,27)/b17-10+. The molecule has 0 aliphatic carbocycles. The summed E-state index contributed by atoms with van der Waals surface area (Å²) in [6.45, 7) is 5.49. The molecule has 0 atom stereocenters. The summed E-state index contributed by atoms with van der Waals surface area (Å²) in [6, 6.07) is 12.7. The molecule has 1 N–H and O–H groups in total. The summed E-state index contributed by atoms with van der Waals surface area (Å²) in [6.07, 6.45) is 1.42. The van der Waals surface area contributed by atoms with Gasteiger partial charge in [-0.3, -0.25) is 4.79 Å². The van der Waals surface area contributed by atoms with Crippen molar-refractivity contribution < 1.29 is 19.1 Å². The van der Waals surface area contributed by atoms with Crippen LogP contribution in [0.1, 0.15) is 23.6 Å². The average Bonchev–Trinajstić information content (AvgIpc) is 2.68. The smallest absolute Gasteiger partial charge is 0.344 e. The summed E-state index contributed by atoms with van der Waals surface area (Å²) < 4.78 is 11.1. The number of benzene rings is 2. The minimum absolute atomic E-state index is 0.0926. The van der Waals surface area contributed by atoms with Crippen molar-refractivity contribution in [3.05, 3.63) is 63.1 Å². The molecule has 0 fully saturated rings. The normalized spacial score (nSPS) is 10.8. The number of nitriles is 1. The van der Waals surface area contributed by atoms with E-state index in [2.05, 4.69) is 21.2 Å². The first-order chi connectivity index (χ1) is 13.8. The van der Waals surface area contributed by atoms with E-state index in [9.17, 15) is 14.9 Å². The molecule has 0 spiro atoms. The van der Waals surface area contributed by atoms with Gasteiger partial charge in [0, 0.05) is 15.7 Å². The first-order valence-electron chi connectivity index (χ1n) is 8.92. The molecule has 7 heteroatoms. The minimum atomic E-state index is -0.530. The number of nitrogens with zero attached hydrogens (tertiary/aromatic N) is 1. The van der Waals surface area contributed by atoms with Gasteiger partial charge in [0.05, 0.1) is 6.61 Å². The van der Waals surface area contributed by atoms with Gasteiger partial charge in [0.15, 0.2) is 6.61 Å². The van der Waals surface area contributed by atoms with Crippen LogP contribution < -0.4 is 10.1 Å². The van der Waals surface area contributed by atoms with Gasteiger partial charge in [-0.2, -0.15) is 5.26 Å². The predicted molar refractivity (Wildman–Crippen MR) is 114 cm³/mol. The highest BCUT2D eigenvalue weighted by atomic mass is 79.9. The van der Waals surface area contributed by atoms with Crippen LogP contribution in [0.5, 0.6) is 5.75 Å². The number of rotatable bonds is 7. The number of esters is 1. The molecule has 1 amide bonds. The van der Waals surface area contributed by atoms with Gasteiger partial charge < -0.3 is 14.8 Å². The van der Waals surface area contributed by atoms with Gasteiger partial charge in [0.1, 0.15) is 17.4 Å². The van der Waals surface area contributed by atoms with Crippen molar-refractivity contribution in [2.45, 2.75) is 20.8 Å². The molecule has 0 aromatic heterocycles. The van der Waals surface area contributed by atoms with Gasteiger partial charge >= 0.3 is 5.97 Å². The summed E-state index contributed by atoms with van der Waals surface area (Å²) in [4.78, 5) is 24.2. The van der Waals surface area contributed by atoms with Crippen LogP contribution in [-0.4, -0.2) is 25.1 Å². The Kier molecular flexibility index (Phi) is 7.98. The van der Waals surface area contributed by atoms with Crippen molar-refractivity contribution >= 4 is 39.6 Å². The van der Waals surface area contributed by atoms with Crippen molar-refractivity contribution in [2.24, 2.45) is 0 Å². The van der Waals surface area contributed by atoms with Crippen LogP contribution in [0, 0.1) is 25.2 Å². The van der Waals surface area contributed by atoms with Gasteiger partial charge in [-0.25, -0.2) is 4.79 Å². The lowest BCUT2D eigenvalue weighted by atomic mass is 10.1. The highest BCUT2D eigenvalue weighted by Crippen LogP contribution is 2.26. The maximum atomic E-state index is 12.6. The molecule has 150 valence electrons. The summed E-state index contributed by atoms with van der Waals surface area (Å²) in [5.74, 6) is -0.676. The molecule has 2 rings (SSSR count). The number of nitrogens with one attached hydrogen (secondary N) is 1. The van der Waals surface area contributed by atoms with Crippen LogP contribution >= 0.6 is 15.9 Å². The minimum Gasteiger partial charge on any atom is -0.481 e. The highest BCUT2D eigenvalue weighted by molar-refractivity contribution is 9.10. The number of carbonyl (C=O) groups is 2. The molecule has 2 aromatic rings. The number of hydrogen-bond acceptors (Lipinski definition) is 5. The van der Waals surface area contributed by atoms with Crippen molar-refractivity contribution in [3.63, 3.8) is 0 Å². The van der Waals surface area contributed by atoms with E-state index in [0.29, 0.717) is 17.0 Å². The number of amides is 1. The monoisotopic (exact) mass is 456 g/mol. The van der Waals surface area contributed by atoms with Gasteiger partial charge in [0.2, 0.25) is 0 Å². The Balaban J connectivity index is 2.28. The Morgan fingerprint density at radius 3 is 2.66 bits per heavy atom. The van der Waals surface area contributed by atoms with Crippen molar-refractivity contribution in [1.82, 2.24) is 0 Å². The summed E-state index contributed by atoms with van der Waals surface area (Å²) >= 11 is 3.36. The molecule has 0 saturated carbocycles. The Morgan fingerprint density at radius 2 is 1.97 bits per heavy atom. The van der Waals surface area contributed by atoms with Gasteiger partial charge in [-0.15, -0.1) is 0 Å². The number of aryl methyl sites for hydroxylation is 2. The van der Waals surface area contributed by atoms with E-state index in [0.717, 1.165) is 15.6 Å². The lowest BCUT2D eigenvalue weighted by Crippen LogP contribution is -2.15. The molecular weight excluding hydrogens is 436 g/mol. The van der Waals surface area contributed by atoms with Crippen molar-refractivity contribution in [3.8, 4) is 11.8 Å². The first-order valence-corrected chi connectivity index (χ1v) is 9.71. The van der Waals surface area contributed by atoms with Crippen LogP contribution in [0.3, 0.4) is 0 Å². The lowest BCUT2D eigenvalue weighted by Gasteiger charge is -2.11. The Morgan fingerprint density at radius 1 is 1.21 bits per heavy atom. The topological polar surface area (TPSA) is 88.4 Å². The second-order valence-electron chi connectivity index (χ2n) is 6.22. The molecule has 0 heterocycles. The van der Waals surface area contributed by atoms with E-state index in [1.54, 1.807) is 25.1 Å². The third-order valence-electron chi connectivity index (χ3n) is 3.93. The Hall–Kier alpha value is -3.11. The maximum Gasteiger partial charge on any atom is 0.344 e. The van der Waals surface area contributed by atoms with Crippen LogP contribution in [0.4, 0.5) is 5.69 Å². The predicted octanol–water partition coefficient (Wildman–Crippen LogP) is 4.55. The lowest BCUT2D eigenvalue weighted by molar-refractivity contribution is -0.145. The zero-order valence-corrected chi connectivity index (χ0v) is 18.0. The number of carbonyl (C=O) groups excluding carboxylic acids is 2. The quantitative estimate of drug-likeness (QED) is 0.374. The fourth-order valence-electron chi connectivity index (χ4n) is 2.47. The number of anilines is 1. The molecular formula is C22H21BrN2O4. The second kappa shape index (κ2) is 10.4. The Labute approximate surface area is 178 Å². The molecule has 0 radical (unpaired) electrons. The van der Waals surface area contributed by atoms with Crippen LogP contribution in [0.2, 0.25) is 0 Å². The number of hydrogen-bond donors (Lipinski definition) is 1. The maximum absolute atomic E-state index is 12.6. The number of ether oxygens (including phenoxy) is 2. The van der Waals surface area contributed by atoms with E-state index in [-0.39, 0.29) is 18.8 Å².